The summed E-state index contributed by atoms with van der Waals surface area (Å²) in [5, 5.41) is 3.56. The average molecular weight is 447 g/mol. The maximum atomic E-state index is 12.9. The van der Waals surface area contributed by atoms with Crippen LogP contribution < -0.4 is 5.32 Å². The molecule has 158 valence electrons. The Morgan fingerprint density at radius 2 is 2.00 bits per heavy atom. The molecule has 1 atom stereocenters. The molecule has 0 saturated carbocycles. The molecule has 7 nitrogen and oxygen atoms in total. The number of aromatic nitrogens is 2. The number of pyridine rings is 1. The van der Waals surface area contributed by atoms with E-state index in [4.69, 9.17) is 11.6 Å². The van der Waals surface area contributed by atoms with E-state index >= 15 is 0 Å². The van der Waals surface area contributed by atoms with Gasteiger partial charge in [0.2, 0.25) is 10.0 Å². The molecule has 0 spiro atoms. The molecule has 0 bridgehead atoms. The Balaban J connectivity index is 1.60. The predicted molar refractivity (Wildman–Crippen MR) is 116 cm³/mol. The van der Waals surface area contributed by atoms with Crippen LogP contribution in [0.5, 0.6) is 0 Å². The third kappa shape index (κ3) is 4.35. The second-order valence-corrected chi connectivity index (χ2v) is 9.96. The van der Waals surface area contributed by atoms with E-state index in [0.29, 0.717) is 35.9 Å². The fraction of sp³-hybridized carbons (Fsp3) is 0.333. The minimum absolute atomic E-state index is 0.0683. The van der Waals surface area contributed by atoms with Crippen molar-refractivity contribution in [3.8, 4) is 0 Å². The molecule has 3 aromatic rings. The molecule has 0 radical (unpaired) electrons. The molecule has 2 aromatic heterocycles. The van der Waals surface area contributed by atoms with Gasteiger partial charge in [0, 0.05) is 36.8 Å². The number of sulfonamides is 1. The number of amides is 1. The first-order valence-electron chi connectivity index (χ1n) is 9.77. The van der Waals surface area contributed by atoms with Crippen LogP contribution in [0.1, 0.15) is 40.6 Å². The van der Waals surface area contributed by atoms with Crippen molar-refractivity contribution in [1.29, 1.82) is 0 Å². The van der Waals surface area contributed by atoms with Gasteiger partial charge in [0.05, 0.1) is 11.8 Å². The second-order valence-electron chi connectivity index (χ2n) is 7.54. The van der Waals surface area contributed by atoms with Crippen molar-refractivity contribution in [2.75, 3.05) is 19.3 Å². The standard InChI is InChI=1S/C21H23ClN4O3S/c1-30(28,29)25-11-4-5-16(14-25)20-24-19(18-6-2-3-12-26(18)20)21(27)23-13-15-7-9-17(22)10-8-15/h2-3,6-10,12,16H,4-5,11,13-14H2,1H3,(H,23,27). The van der Waals surface area contributed by atoms with Crippen LogP contribution in [0.3, 0.4) is 0 Å². The minimum atomic E-state index is -3.26. The van der Waals surface area contributed by atoms with Crippen molar-refractivity contribution in [2.24, 2.45) is 0 Å². The van der Waals surface area contributed by atoms with Crippen molar-refractivity contribution < 1.29 is 13.2 Å². The topological polar surface area (TPSA) is 83.8 Å². The zero-order valence-electron chi connectivity index (χ0n) is 16.6. The predicted octanol–water partition coefficient (Wildman–Crippen LogP) is 3.06. The van der Waals surface area contributed by atoms with Gasteiger partial charge in [0.15, 0.2) is 5.69 Å². The first-order chi connectivity index (χ1) is 14.3. The number of hydrogen-bond donors (Lipinski definition) is 1. The minimum Gasteiger partial charge on any atom is -0.347 e. The van der Waals surface area contributed by atoms with Crippen LogP contribution in [-0.4, -0.2) is 47.4 Å². The molecule has 4 rings (SSSR count). The van der Waals surface area contributed by atoms with Crippen LogP contribution >= 0.6 is 11.6 Å². The van der Waals surface area contributed by atoms with E-state index in [1.807, 2.05) is 40.9 Å². The Kier molecular flexibility index (Phi) is 5.81. The highest BCUT2D eigenvalue weighted by atomic mass is 35.5. The molecule has 3 heterocycles. The van der Waals surface area contributed by atoms with Crippen molar-refractivity contribution >= 4 is 33.0 Å². The van der Waals surface area contributed by atoms with Crippen LogP contribution in [0, 0.1) is 0 Å². The maximum Gasteiger partial charge on any atom is 0.272 e. The van der Waals surface area contributed by atoms with Crippen molar-refractivity contribution in [2.45, 2.75) is 25.3 Å². The molecule has 1 saturated heterocycles. The van der Waals surface area contributed by atoms with Crippen LogP contribution in [0.2, 0.25) is 5.02 Å². The first kappa shape index (κ1) is 20.8. The summed E-state index contributed by atoms with van der Waals surface area (Å²) in [6, 6.07) is 12.9. The molecule has 9 heteroatoms. The smallest absolute Gasteiger partial charge is 0.272 e. The highest BCUT2D eigenvalue weighted by molar-refractivity contribution is 7.88. The molecule has 1 N–H and O–H groups in total. The van der Waals surface area contributed by atoms with Gasteiger partial charge in [0.25, 0.3) is 5.91 Å². The SMILES string of the molecule is CS(=O)(=O)N1CCCC(c2nc(C(=O)NCc3ccc(Cl)cc3)c3ccccn23)C1. The average Bonchev–Trinajstić information content (AvgIpc) is 3.12. The number of halogens is 1. The lowest BCUT2D eigenvalue weighted by Crippen LogP contribution is -2.38. The Bertz CT molecular complexity index is 1170. The fourth-order valence-corrected chi connectivity index (χ4v) is 4.88. The summed E-state index contributed by atoms with van der Waals surface area (Å²) < 4.78 is 27.4. The lowest BCUT2D eigenvalue weighted by molar-refractivity contribution is 0.0948. The molecule has 1 aliphatic rings. The zero-order valence-corrected chi connectivity index (χ0v) is 18.2. The summed E-state index contributed by atoms with van der Waals surface area (Å²) in [7, 11) is -3.26. The molecule has 0 aliphatic carbocycles. The Morgan fingerprint density at radius 3 is 2.73 bits per heavy atom. The molecule has 1 amide bonds. The molecular weight excluding hydrogens is 424 g/mol. The van der Waals surface area contributed by atoms with Crippen LogP contribution in [-0.2, 0) is 16.6 Å². The lowest BCUT2D eigenvalue weighted by atomic mass is 9.99. The van der Waals surface area contributed by atoms with Crippen LogP contribution in [0.4, 0.5) is 0 Å². The molecule has 1 unspecified atom stereocenters. The van der Waals surface area contributed by atoms with E-state index in [1.165, 1.54) is 10.6 Å². The van der Waals surface area contributed by atoms with Gasteiger partial charge in [-0.25, -0.2) is 17.7 Å². The summed E-state index contributed by atoms with van der Waals surface area (Å²) in [5.41, 5.74) is 1.99. The summed E-state index contributed by atoms with van der Waals surface area (Å²) in [4.78, 5) is 17.6. The summed E-state index contributed by atoms with van der Waals surface area (Å²) in [6.45, 7) is 1.26. The van der Waals surface area contributed by atoms with Gasteiger partial charge in [0.1, 0.15) is 5.82 Å². The number of carbonyl (C=O) groups is 1. The van der Waals surface area contributed by atoms with Crippen molar-refractivity contribution in [3.63, 3.8) is 0 Å². The maximum absolute atomic E-state index is 12.9. The molecule has 1 aliphatic heterocycles. The van der Waals surface area contributed by atoms with Gasteiger partial charge >= 0.3 is 0 Å². The first-order valence-corrected chi connectivity index (χ1v) is 12.0. The highest BCUT2D eigenvalue weighted by Crippen LogP contribution is 2.29. The molecular formula is C21H23ClN4O3S. The van der Waals surface area contributed by atoms with E-state index in [1.54, 1.807) is 12.1 Å². The number of nitrogens with one attached hydrogen (secondary N) is 1. The van der Waals surface area contributed by atoms with Gasteiger partial charge in [-0.3, -0.25) is 4.79 Å². The largest absolute Gasteiger partial charge is 0.347 e. The monoisotopic (exact) mass is 446 g/mol. The summed E-state index contributed by atoms with van der Waals surface area (Å²) >= 11 is 5.91. The number of piperidine rings is 1. The number of benzene rings is 1. The van der Waals surface area contributed by atoms with Gasteiger partial charge in [-0.1, -0.05) is 29.8 Å². The van der Waals surface area contributed by atoms with E-state index in [0.717, 1.165) is 24.2 Å². The normalized spacial score (nSPS) is 17.9. The van der Waals surface area contributed by atoms with Crippen LogP contribution in [0.15, 0.2) is 48.7 Å². The Labute approximate surface area is 180 Å². The molecule has 1 aromatic carbocycles. The number of imidazole rings is 1. The highest BCUT2D eigenvalue weighted by Gasteiger charge is 2.30. The third-order valence-electron chi connectivity index (χ3n) is 5.38. The van der Waals surface area contributed by atoms with Crippen molar-refractivity contribution in [1.82, 2.24) is 19.0 Å². The van der Waals surface area contributed by atoms with E-state index < -0.39 is 10.0 Å². The molecule has 1 fully saturated rings. The third-order valence-corrected chi connectivity index (χ3v) is 6.90. The van der Waals surface area contributed by atoms with E-state index in [2.05, 4.69) is 10.3 Å². The summed E-state index contributed by atoms with van der Waals surface area (Å²) in [5.74, 6) is 0.382. The second kappa shape index (κ2) is 8.37. The number of rotatable bonds is 5. The van der Waals surface area contributed by atoms with Crippen LogP contribution in [0.25, 0.3) is 5.52 Å². The van der Waals surface area contributed by atoms with Gasteiger partial charge in [-0.15, -0.1) is 0 Å². The number of nitrogens with zero attached hydrogens (tertiary/aromatic N) is 3. The van der Waals surface area contributed by atoms with Gasteiger partial charge in [-0.2, -0.15) is 0 Å². The zero-order chi connectivity index (χ0) is 21.3. The van der Waals surface area contributed by atoms with Crippen molar-refractivity contribution in [3.05, 3.63) is 70.8 Å². The quantitative estimate of drug-likeness (QED) is 0.652. The van der Waals surface area contributed by atoms with E-state index in [-0.39, 0.29) is 11.8 Å². The fourth-order valence-electron chi connectivity index (χ4n) is 3.84. The molecule has 30 heavy (non-hydrogen) atoms. The number of hydrogen-bond acceptors (Lipinski definition) is 4. The Hall–Kier alpha value is -2.42. The van der Waals surface area contributed by atoms with Gasteiger partial charge < -0.3 is 9.72 Å². The van der Waals surface area contributed by atoms with Gasteiger partial charge in [-0.05, 0) is 42.7 Å². The van der Waals surface area contributed by atoms with E-state index in [9.17, 15) is 13.2 Å². The Morgan fingerprint density at radius 1 is 1.23 bits per heavy atom. The number of carbonyl (C=O) groups excluding carboxylic acids is 1. The number of fused-ring (bicyclic) bond motifs is 1. The lowest BCUT2D eigenvalue weighted by Gasteiger charge is -2.30. The summed E-state index contributed by atoms with van der Waals surface area (Å²) in [6.07, 6.45) is 4.69.